The van der Waals surface area contributed by atoms with Crippen molar-refractivity contribution in [2.45, 2.75) is 26.3 Å². The molecule has 2 aromatic carbocycles. The van der Waals surface area contributed by atoms with Gasteiger partial charge in [-0.05, 0) is 54.8 Å². The minimum Gasteiger partial charge on any atom is -0.310 e. The number of benzene rings is 2. The highest BCUT2D eigenvalue weighted by Crippen LogP contribution is 2.28. The van der Waals surface area contributed by atoms with Gasteiger partial charge < -0.3 is 5.32 Å². The molecule has 112 valence electrons. The Kier molecular flexibility index (Phi) is 5.97. The summed E-state index contributed by atoms with van der Waals surface area (Å²) in [5, 5.41) is 3.44. The van der Waals surface area contributed by atoms with Crippen LogP contribution in [0.1, 0.15) is 29.7 Å². The highest BCUT2D eigenvalue weighted by Gasteiger charge is 2.16. The van der Waals surface area contributed by atoms with Gasteiger partial charge in [0.1, 0.15) is 5.82 Å². The van der Waals surface area contributed by atoms with Gasteiger partial charge in [-0.25, -0.2) is 4.39 Å². The van der Waals surface area contributed by atoms with Gasteiger partial charge in [-0.3, -0.25) is 0 Å². The Morgan fingerprint density at radius 3 is 2.52 bits per heavy atom. The van der Waals surface area contributed by atoms with E-state index in [1.807, 2.05) is 12.1 Å². The van der Waals surface area contributed by atoms with E-state index in [-0.39, 0.29) is 11.9 Å². The number of rotatable bonds is 5. The maximum Gasteiger partial charge on any atom is 0.127 e. The van der Waals surface area contributed by atoms with Gasteiger partial charge in [-0.15, -0.1) is 0 Å². The molecule has 0 aliphatic heterocycles. The van der Waals surface area contributed by atoms with Crippen LogP contribution >= 0.6 is 31.9 Å². The van der Waals surface area contributed by atoms with E-state index in [0.717, 1.165) is 26.6 Å². The summed E-state index contributed by atoms with van der Waals surface area (Å²) >= 11 is 6.91. The van der Waals surface area contributed by atoms with Gasteiger partial charge in [0.25, 0.3) is 0 Å². The zero-order chi connectivity index (χ0) is 15.4. The van der Waals surface area contributed by atoms with Crippen molar-refractivity contribution in [3.05, 3.63) is 67.9 Å². The van der Waals surface area contributed by atoms with Gasteiger partial charge in [0.15, 0.2) is 0 Å². The fourth-order valence-corrected chi connectivity index (χ4v) is 3.46. The lowest BCUT2D eigenvalue weighted by Crippen LogP contribution is -2.23. The Labute approximate surface area is 142 Å². The molecule has 0 aliphatic rings. The first-order valence-electron chi connectivity index (χ1n) is 6.94. The summed E-state index contributed by atoms with van der Waals surface area (Å²) in [7, 11) is 0. The molecule has 0 amide bonds. The van der Waals surface area contributed by atoms with Crippen molar-refractivity contribution in [3.63, 3.8) is 0 Å². The molecule has 0 aromatic heterocycles. The maximum atomic E-state index is 14.1. The highest BCUT2D eigenvalue weighted by molar-refractivity contribution is 9.10. The molecule has 0 saturated heterocycles. The third-order valence-electron chi connectivity index (χ3n) is 3.42. The predicted octanol–water partition coefficient (Wildman–Crippen LogP) is 5.55. The molecule has 0 saturated carbocycles. The van der Waals surface area contributed by atoms with Gasteiger partial charge in [-0.1, -0.05) is 57.0 Å². The summed E-state index contributed by atoms with van der Waals surface area (Å²) in [6.45, 7) is 4.96. The monoisotopic (exact) mass is 413 g/mol. The lowest BCUT2D eigenvalue weighted by atomic mass is 9.97. The second kappa shape index (κ2) is 7.52. The van der Waals surface area contributed by atoms with Gasteiger partial charge in [0.05, 0.1) is 0 Å². The summed E-state index contributed by atoms with van der Waals surface area (Å²) in [5.74, 6) is -0.171. The molecule has 2 aromatic rings. The van der Waals surface area contributed by atoms with Gasteiger partial charge in [0.2, 0.25) is 0 Å². The molecular formula is C17H18Br2FN. The SMILES string of the molecule is CCNC(Cc1ccc(Br)cc1F)c1ccc(C)cc1Br. The van der Waals surface area contributed by atoms with Crippen molar-refractivity contribution < 1.29 is 4.39 Å². The number of likely N-dealkylation sites (N-methyl/N-ethyl adjacent to an activating group) is 1. The van der Waals surface area contributed by atoms with Crippen LogP contribution in [0.15, 0.2) is 45.3 Å². The summed E-state index contributed by atoms with van der Waals surface area (Å²) in [4.78, 5) is 0. The van der Waals surface area contributed by atoms with Gasteiger partial charge in [-0.2, -0.15) is 0 Å². The van der Waals surface area contributed by atoms with E-state index in [0.29, 0.717) is 6.42 Å². The largest absolute Gasteiger partial charge is 0.310 e. The van der Waals surface area contributed by atoms with Gasteiger partial charge >= 0.3 is 0 Å². The number of hydrogen-bond donors (Lipinski definition) is 1. The molecule has 2 rings (SSSR count). The molecule has 0 bridgehead atoms. The Morgan fingerprint density at radius 2 is 1.90 bits per heavy atom. The molecule has 4 heteroatoms. The zero-order valence-electron chi connectivity index (χ0n) is 12.1. The van der Waals surface area contributed by atoms with Crippen LogP contribution < -0.4 is 5.32 Å². The maximum absolute atomic E-state index is 14.1. The highest BCUT2D eigenvalue weighted by atomic mass is 79.9. The topological polar surface area (TPSA) is 12.0 Å². The lowest BCUT2D eigenvalue weighted by molar-refractivity contribution is 0.526. The summed E-state index contributed by atoms with van der Waals surface area (Å²) in [6, 6.07) is 11.6. The molecule has 1 nitrogen and oxygen atoms in total. The van der Waals surface area contributed by atoms with Crippen molar-refractivity contribution in [3.8, 4) is 0 Å². The first-order chi connectivity index (χ1) is 10.0. The van der Waals surface area contributed by atoms with Crippen molar-refractivity contribution in [2.75, 3.05) is 6.54 Å². The van der Waals surface area contributed by atoms with Crippen molar-refractivity contribution in [2.24, 2.45) is 0 Å². The minimum atomic E-state index is -0.171. The third-order valence-corrected chi connectivity index (χ3v) is 4.60. The summed E-state index contributed by atoms with van der Waals surface area (Å²) in [6.07, 6.45) is 0.620. The second-order valence-electron chi connectivity index (χ2n) is 5.08. The molecular weight excluding hydrogens is 397 g/mol. The number of aryl methyl sites for hydroxylation is 1. The Morgan fingerprint density at radius 1 is 1.14 bits per heavy atom. The first-order valence-corrected chi connectivity index (χ1v) is 8.53. The third kappa shape index (κ3) is 4.38. The molecule has 0 spiro atoms. The van der Waals surface area contributed by atoms with Crippen LogP contribution in [0.4, 0.5) is 4.39 Å². The van der Waals surface area contributed by atoms with E-state index >= 15 is 0 Å². The van der Waals surface area contributed by atoms with E-state index in [1.165, 1.54) is 11.6 Å². The number of halogens is 3. The van der Waals surface area contributed by atoms with Crippen LogP contribution in [0.2, 0.25) is 0 Å². The van der Waals surface area contributed by atoms with Crippen LogP contribution in [0, 0.1) is 12.7 Å². The lowest BCUT2D eigenvalue weighted by Gasteiger charge is -2.20. The molecule has 1 atom stereocenters. The smallest absolute Gasteiger partial charge is 0.127 e. The first kappa shape index (κ1) is 16.7. The van der Waals surface area contributed by atoms with Gasteiger partial charge in [0, 0.05) is 15.0 Å². The molecule has 0 fully saturated rings. The Bertz CT molecular complexity index is 628. The van der Waals surface area contributed by atoms with E-state index < -0.39 is 0 Å². The second-order valence-corrected chi connectivity index (χ2v) is 6.85. The molecule has 0 heterocycles. The standard InChI is InChI=1S/C17H18Br2FN/c1-3-21-17(14-7-4-11(2)8-15(14)19)9-12-5-6-13(18)10-16(12)20/h4-8,10,17,21H,3,9H2,1-2H3. The van der Waals surface area contributed by atoms with Crippen molar-refractivity contribution >= 4 is 31.9 Å². The average Bonchev–Trinajstić information content (AvgIpc) is 2.41. The van der Waals surface area contributed by atoms with E-state index in [9.17, 15) is 4.39 Å². The van der Waals surface area contributed by atoms with Crippen LogP contribution in [-0.4, -0.2) is 6.54 Å². The Balaban J connectivity index is 2.30. The fraction of sp³-hybridized carbons (Fsp3) is 0.294. The fourth-order valence-electron chi connectivity index (χ4n) is 2.36. The van der Waals surface area contributed by atoms with Crippen molar-refractivity contribution in [1.29, 1.82) is 0 Å². The van der Waals surface area contributed by atoms with E-state index in [4.69, 9.17) is 0 Å². The molecule has 21 heavy (non-hydrogen) atoms. The number of hydrogen-bond acceptors (Lipinski definition) is 1. The predicted molar refractivity (Wildman–Crippen MR) is 93.1 cm³/mol. The summed E-state index contributed by atoms with van der Waals surface area (Å²) in [5.41, 5.74) is 3.08. The molecule has 1 N–H and O–H groups in total. The summed E-state index contributed by atoms with van der Waals surface area (Å²) < 4.78 is 15.9. The molecule has 0 radical (unpaired) electrons. The molecule has 1 unspecified atom stereocenters. The zero-order valence-corrected chi connectivity index (χ0v) is 15.3. The van der Waals surface area contributed by atoms with Crippen LogP contribution in [0.5, 0.6) is 0 Å². The van der Waals surface area contributed by atoms with Crippen molar-refractivity contribution in [1.82, 2.24) is 5.32 Å². The van der Waals surface area contributed by atoms with E-state index in [2.05, 4.69) is 69.2 Å². The van der Waals surface area contributed by atoms with Crippen LogP contribution in [0.3, 0.4) is 0 Å². The van der Waals surface area contributed by atoms with E-state index in [1.54, 1.807) is 0 Å². The number of nitrogens with one attached hydrogen (secondary N) is 1. The minimum absolute atomic E-state index is 0.0839. The van der Waals surface area contributed by atoms with Crippen LogP contribution in [-0.2, 0) is 6.42 Å². The molecule has 0 aliphatic carbocycles. The quantitative estimate of drug-likeness (QED) is 0.675. The normalized spacial score (nSPS) is 12.4. The van der Waals surface area contributed by atoms with Crippen LogP contribution in [0.25, 0.3) is 0 Å². The Hall–Kier alpha value is -0.710. The average molecular weight is 415 g/mol.